The Labute approximate surface area is 112 Å². The first kappa shape index (κ1) is 15.2. The summed E-state index contributed by atoms with van der Waals surface area (Å²) in [6, 6.07) is 7.78. The van der Waals surface area contributed by atoms with E-state index >= 15 is 0 Å². The van der Waals surface area contributed by atoms with Crippen molar-refractivity contribution in [3.8, 4) is 5.75 Å². The summed E-state index contributed by atoms with van der Waals surface area (Å²) in [7, 11) is 0.610. The Hall–Kier alpha value is -0.870. The van der Waals surface area contributed by atoms with Gasteiger partial charge in [0.2, 0.25) is 0 Å². The van der Waals surface area contributed by atoms with Gasteiger partial charge in [-0.3, -0.25) is 4.21 Å². The van der Waals surface area contributed by atoms with Crippen LogP contribution in [0.5, 0.6) is 5.75 Å². The number of rotatable bonds is 7. The lowest BCUT2D eigenvalue weighted by atomic mass is 10.2. The van der Waals surface area contributed by atoms with Gasteiger partial charge in [0.05, 0.1) is 23.2 Å². The van der Waals surface area contributed by atoms with E-state index in [0.29, 0.717) is 0 Å². The minimum absolute atomic E-state index is 0.0852. The predicted octanol–water partition coefficient (Wildman–Crippen LogP) is 2.58. The SMILES string of the molecule is CCNC(CC)C(C)S(=O)c1cccc(OC)c1. The second-order valence-corrected chi connectivity index (χ2v) is 6.06. The highest BCUT2D eigenvalue weighted by Gasteiger charge is 2.21. The minimum atomic E-state index is -1.01. The van der Waals surface area contributed by atoms with Crippen LogP contribution in [0.2, 0.25) is 0 Å². The van der Waals surface area contributed by atoms with Crippen molar-refractivity contribution in [1.82, 2.24) is 5.32 Å². The molecule has 0 spiro atoms. The highest BCUT2D eigenvalue weighted by Crippen LogP contribution is 2.20. The van der Waals surface area contributed by atoms with Crippen LogP contribution in [0.25, 0.3) is 0 Å². The summed E-state index contributed by atoms with van der Waals surface area (Å²) in [4.78, 5) is 0.832. The third kappa shape index (κ3) is 3.82. The zero-order valence-electron chi connectivity index (χ0n) is 11.6. The van der Waals surface area contributed by atoms with Crippen LogP contribution in [0.4, 0.5) is 0 Å². The lowest BCUT2D eigenvalue weighted by Gasteiger charge is -2.23. The van der Waals surface area contributed by atoms with Gasteiger partial charge in [-0.15, -0.1) is 0 Å². The molecule has 3 unspecified atom stereocenters. The molecule has 0 radical (unpaired) electrons. The highest BCUT2D eigenvalue weighted by molar-refractivity contribution is 7.85. The average molecular weight is 269 g/mol. The van der Waals surface area contributed by atoms with Crippen LogP contribution < -0.4 is 10.1 Å². The molecule has 0 aliphatic heterocycles. The first-order valence-electron chi connectivity index (χ1n) is 6.42. The molecule has 0 aromatic heterocycles. The normalized spacial score (nSPS) is 16.0. The molecule has 0 fully saturated rings. The monoisotopic (exact) mass is 269 g/mol. The lowest BCUT2D eigenvalue weighted by Crippen LogP contribution is -2.39. The number of ether oxygens (including phenoxy) is 1. The van der Waals surface area contributed by atoms with Gasteiger partial charge in [0, 0.05) is 10.9 Å². The summed E-state index contributed by atoms with van der Waals surface area (Å²) in [6.07, 6.45) is 0.977. The van der Waals surface area contributed by atoms with Crippen LogP contribution >= 0.6 is 0 Å². The van der Waals surface area contributed by atoms with Crippen LogP contribution in [0.3, 0.4) is 0 Å². The first-order valence-corrected chi connectivity index (χ1v) is 7.63. The van der Waals surface area contributed by atoms with Crippen molar-refractivity contribution in [3.63, 3.8) is 0 Å². The van der Waals surface area contributed by atoms with Gasteiger partial charge < -0.3 is 10.1 Å². The number of methoxy groups -OCH3 is 1. The fraction of sp³-hybridized carbons (Fsp3) is 0.571. The number of nitrogens with one attached hydrogen (secondary N) is 1. The molecule has 0 saturated heterocycles. The Balaban J connectivity index is 2.84. The Morgan fingerprint density at radius 3 is 2.67 bits per heavy atom. The maximum absolute atomic E-state index is 12.5. The van der Waals surface area contributed by atoms with Gasteiger partial charge in [0.1, 0.15) is 5.75 Å². The topological polar surface area (TPSA) is 38.3 Å². The van der Waals surface area contributed by atoms with E-state index in [9.17, 15) is 4.21 Å². The summed E-state index contributed by atoms with van der Waals surface area (Å²) in [5.74, 6) is 0.754. The van der Waals surface area contributed by atoms with E-state index < -0.39 is 10.8 Å². The van der Waals surface area contributed by atoms with Gasteiger partial charge in [-0.1, -0.05) is 19.9 Å². The largest absolute Gasteiger partial charge is 0.497 e. The molecule has 0 aliphatic carbocycles. The predicted molar refractivity (Wildman–Crippen MR) is 76.6 cm³/mol. The minimum Gasteiger partial charge on any atom is -0.497 e. The first-order chi connectivity index (χ1) is 8.63. The molecular formula is C14H23NO2S. The van der Waals surface area contributed by atoms with E-state index in [0.717, 1.165) is 23.6 Å². The molecule has 102 valence electrons. The molecule has 0 amide bonds. The molecule has 0 saturated carbocycles. The van der Waals surface area contributed by atoms with E-state index in [4.69, 9.17) is 4.74 Å². The quantitative estimate of drug-likeness (QED) is 0.827. The van der Waals surface area contributed by atoms with Crippen molar-refractivity contribution in [1.29, 1.82) is 0 Å². The Morgan fingerprint density at radius 2 is 2.11 bits per heavy atom. The molecular weight excluding hydrogens is 246 g/mol. The van der Waals surface area contributed by atoms with Crippen LogP contribution in [0.1, 0.15) is 27.2 Å². The second kappa shape index (κ2) is 7.54. The van der Waals surface area contributed by atoms with Crippen molar-refractivity contribution in [3.05, 3.63) is 24.3 Å². The standard InChI is InChI=1S/C14H23NO2S/c1-5-14(15-6-2)11(3)18(16)13-9-7-8-12(10-13)17-4/h7-11,14-15H,5-6H2,1-4H3. The van der Waals surface area contributed by atoms with Crippen LogP contribution in [-0.4, -0.2) is 29.2 Å². The Morgan fingerprint density at radius 1 is 1.39 bits per heavy atom. The van der Waals surface area contributed by atoms with Gasteiger partial charge in [0.25, 0.3) is 0 Å². The molecule has 1 aromatic carbocycles. The van der Waals surface area contributed by atoms with E-state index in [1.54, 1.807) is 7.11 Å². The molecule has 1 aromatic rings. The maximum Gasteiger partial charge on any atom is 0.120 e. The zero-order chi connectivity index (χ0) is 13.5. The smallest absolute Gasteiger partial charge is 0.120 e. The molecule has 4 heteroatoms. The number of benzene rings is 1. The molecule has 18 heavy (non-hydrogen) atoms. The maximum atomic E-state index is 12.5. The lowest BCUT2D eigenvalue weighted by molar-refractivity contribution is 0.413. The fourth-order valence-corrected chi connectivity index (χ4v) is 3.46. The van der Waals surface area contributed by atoms with Crippen molar-refractivity contribution >= 4 is 10.8 Å². The van der Waals surface area contributed by atoms with Gasteiger partial charge in [-0.2, -0.15) is 0 Å². The summed E-state index contributed by atoms with van der Waals surface area (Å²) in [6.45, 7) is 7.13. The van der Waals surface area contributed by atoms with E-state index in [1.165, 1.54) is 0 Å². The van der Waals surface area contributed by atoms with Crippen molar-refractivity contribution < 1.29 is 8.95 Å². The van der Waals surface area contributed by atoms with Crippen LogP contribution in [0.15, 0.2) is 29.2 Å². The van der Waals surface area contributed by atoms with Crippen molar-refractivity contribution in [2.24, 2.45) is 0 Å². The third-order valence-corrected chi connectivity index (χ3v) is 4.81. The molecule has 1 rings (SSSR count). The Kier molecular flexibility index (Phi) is 6.36. The summed E-state index contributed by atoms with van der Waals surface area (Å²) in [5, 5.41) is 3.47. The van der Waals surface area contributed by atoms with Crippen molar-refractivity contribution in [2.45, 2.75) is 43.4 Å². The van der Waals surface area contributed by atoms with Gasteiger partial charge in [-0.25, -0.2) is 0 Å². The fourth-order valence-electron chi connectivity index (χ4n) is 1.99. The van der Waals surface area contributed by atoms with Gasteiger partial charge >= 0.3 is 0 Å². The summed E-state index contributed by atoms with van der Waals surface area (Å²) >= 11 is 0. The van der Waals surface area contributed by atoms with Crippen LogP contribution in [-0.2, 0) is 10.8 Å². The second-order valence-electron chi connectivity index (χ2n) is 4.25. The summed E-state index contributed by atoms with van der Waals surface area (Å²) in [5.41, 5.74) is 0. The zero-order valence-corrected chi connectivity index (χ0v) is 12.4. The van der Waals surface area contributed by atoms with E-state index in [1.807, 2.05) is 31.2 Å². The highest BCUT2D eigenvalue weighted by atomic mass is 32.2. The third-order valence-electron chi connectivity index (χ3n) is 3.08. The molecule has 1 N–H and O–H groups in total. The Bertz CT molecular complexity index is 395. The van der Waals surface area contributed by atoms with Crippen LogP contribution in [0, 0.1) is 0 Å². The number of hydrogen-bond acceptors (Lipinski definition) is 3. The molecule has 3 atom stereocenters. The van der Waals surface area contributed by atoms with Gasteiger partial charge in [-0.05, 0) is 38.1 Å². The van der Waals surface area contributed by atoms with Crippen molar-refractivity contribution in [2.75, 3.05) is 13.7 Å². The molecule has 0 aliphatic rings. The average Bonchev–Trinajstić information content (AvgIpc) is 2.43. The molecule has 0 heterocycles. The molecule has 0 bridgehead atoms. The summed E-state index contributed by atoms with van der Waals surface area (Å²) < 4.78 is 17.7. The molecule has 3 nitrogen and oxygen atoms in total. The van der Waals surface area contributed by atoms with E-state index in [2.05, 4.69) is 19.2 Å². The van der Waals surface area contributed by atoms with Gasteiger partial charge in [0.15, 0.2) is 0 Å². The number of hydrogen-bond donors (Lipinski definition) is 1. The van der Waals surface area contributed by atoms with E-state index in [-0.39, 0.29) is 11.3 Å².